The van der Waals surface area contributed by atoms with Crippen molar-refractivity contribution in [2.24, 2.45) is 10.9 Å². The normalized spacial score (nSPS) is 18.6. The van der Waals surface area contributed by atoms with Crippen LogP contribution in [0.1, 0.15) is 18.9 Å². The van der Waals surface area contributed by atoms with Gasteiger partial charge in [-0.1, -0.05) is 12.1 Å². The zero-order valence-corrected chi connectivity index (χ0v) is 16.2. The molecule has 2 rings (SSSR count). The van der Waals surface area contributed by atoms with Gasteiger partial charge in [0.1, 0.15) is 0 Å². The highest BCUT2D eigenvalue weighted by atomic mass is 32.2. The Morgan fingerprint density at radius 2 is 2.08 bits per heavy atom. The maximum absolute atomic E-state index is 11.5. The van der Waals surface area contributed by atoms with E-state index >= 15 is 0 Å². The number of ether oxygens (including phenoxy) is 1. The highest BCUT2D eigenvalue weighted by molar-refractivity contribution is 7.90. The van der Waals surface area contributed by atoms with Crippen molar-refractivity contribution in [3.8, 4) is 0 Å². The van der Waals surface area contributed by atoms with Crippen LogP contribution in [-0.4, -0.2) is 65.4 Å². The van der Waals surface area contributed by atoms with Crippen LogP contribution in [-0.2, 0) is 21.0 Å². The summed E-state index contributed by atoms with van der Waals surface area (Å²) >= 11 is 0. The zero-order valence-electron chi connectivity index (χ0n) is 15.4. The number of guanidine groups is 1. The number of nitrogens with zero attached hydrogens (tertiary/aromatic N) is 2. The van der Waals surface area contributed by atoms with Gasteiger partial charge in [0, 0.05) is 45.5 Å². The molecule has 1 fully saturated rings. The number of rotatable bonds is 7. The van der Waals surface area contributed by atoms with Crippen molar-refractivity contribution < 1.29 is 13.2 Å². The number of hydrogen-bond acceptors (Lipinski definition) is 4. The number of benzene rings is 1. The molecule has 1 unspecified atom stereocenters. The van der Waals surface area contributed by atoms with Gasteiger partial charge in [0.05, 0.1) is 11.5 Å². The smallest absolute Gasteiger partial charge is 0.193 e. The molecule has 0 amide bonds. The summed E-state index contributed by atoms with van der Waals surface area (Å²) in [4.78, 5) is 7.01. The summed E-state index contributed by atoms with van der Waals surface area (Å²) in [5.74, 6) is 1.49. The van der Waals surface area contributed by atoms with E-state index in [9.17, 15) is 8.42 Å². The topological polar surface area (TPSA) is 71.0 Å². The molecule has 0 spiro atoms. The van der Waals surface area contributed by atoms with Crippen LogP contribution in [0.4, 0.5) is 0 Å². The monoisotopic (exact) mass is 367 g/mol. The maximum Gasteiger partial charge on any atom is 0.193 e. The molecule has 0 radical (unpaired) electrons. The molecule has 7 heteroatoms. The van der Waals surface area contributed by atoms with E-state index in [1.54, 1.807) is 19.2 Å². The van der Waals surface area contributed by atoms with Crippen LogP contribution >= 0.6 is 0 Å². The molecule has 1 aliphatic rings. The van der Waals surface area contributed by atoms with Gasteiger partial charge in [-0.3, -0.25) is 4.99 Å². The average molecular weight is 368 g/mol. The molecule has 0 aromatic heterocycles. The van der Waals surface area contributed by atoms with E-state index < -0.39 is 9.84 Å². The zero-order chi connectivity index (χ0) is 18.3. The van der Waals surface area contributed by atoms with E-state index in [2.05, 4.69) is 15.2 Å². The van der Waals surface area contributed by atoms with Crippen molar-refractivity contribution in [2.75, 3.05) is 46.2 Å². The minimum Gasteiger partial charge on any atom is -0.381 e. The second-order valence-electron chi connectivity index (χ2n) is 6.40. The molecule has 0 saturated carbocycles. The summed E-state index contributed by atoms with van der Waals surface area (Å²) in [6, 6.07) is 7.07. The van der Waals surface area contributed by atoms with Crippen molar-refractivity contribution in [3.63, 3.8) is 0 Å². The number of aliphatic imine (C=N–C) groups is 1. The fourth-order valence-corrected chi connectivity index (χ4v) is 3.63. The first kappa shape index (κ1) is 19.7. The van der Waals surface area contributed by atoms with Gasteiger partial charge in [-0.2, -0.15) is 0 Å². The predicted octanol–water partition coefficient (Wildman–Crippen LogP) is 1.57. The molecule has 1 aliphatic heterocycles. The standard InChI is InChI=1S/C18H29N3O3S/c1-4-24-14-16-10-12-21(13-16)18(19-2)20-11-9-15-5-7-17(8-6-15)25(3,22)23/h5-8,16H,4,9-14H2,1-3H3,(H,19,20). The Hall–Kier alpha value is -1.60. The second kappa shape index (κ2) is 9.20. The third-order valence-corrected chi connectivity index (χ3v) is 5.53. The first-order chi connectivity index (χ1) is 11.9. The van der Waals surface area contributed by atoms with Crippen LogP contribution in [0.5, 0.6) is 0 Å². The van der Waals surface area contributed by atoms with Gasteiger partial charge in [0.2, 0.25) is 0 Å². The Labute approximate surface area is 151 Å². The number of sulfone groups is 1. The Kier molecular flexibility index (Phi) is 7.25. The fraction of sp³-hybridized carbons (Fsp3) is 0.611. The molecule has 1 atom stereocenters. The molecule has 1 aromatic rings. The highest BCUT2D eigenvalue weighted by Gasteiger charge is 2.24. The molecule has 6 nitrogen and oxygen atoms in total. The maximum atomic E-state index is 11.5. The Bertz CT molecular complexity index is 671. The molecule has 1 heterocycles. The molecule has 1 saturated heterocycles. The van der Waals surface area contributed by atoms with Crippen molar-refractivity contribution >= 4 is 15.8 Å². The highest BCUT2D eigenvalue weighted by Crippen LogP contribution is 2.16. The Morgan fingerprint density at radius 1 is 1.36 bits per heavy atom. The number of likely N-dealkylation sites (tertiary alicyclic amines) is 1. The van der Waals surface area contributed by atoms with Crippen LogP contribution in [0.3, 0.4) is 0 Å². The minimum absolute atomic E-state index is 0.359. The SMILES string of the molecule is CCOCC1CCN(C(=NC)NCCc2ccc(S(C)(=O)=O)cc2)C1. The first-order valence-corrected chi connectivity index (χ1v) is 10.7. The minimum atomic E-state index is -3.13. The molecule has 0 aliphatic carbocycles. The van der Waals surface area contributed by atoms with Crippen molar-refractivity contribution in [1.82, 2.24) is 10.2 Å². The van der Waals surface area contributed by atoms with E-state index in [1.807, 2.05) is 19.1 Å². The lowest BCUT2D eigenvalue weighted by Crippen LogP contribution is -2.41. The summed E-state index contributed by atoms with van der Waals surface area (Å²) in [5.41, 5.74) is 1.10. The fourth-order valence-electron chi connectivity index (χ4n) is 3.00. The number of hydrogen-bond donors (Lipinski definition) is 1. The third kappa shape index (κ3) is 6.01. The van der Waals surface area contributed by atoms with E-state index in [1.165, 1.54) is 6.26 Å². The molecule has 1 N–H and O–H groups in total. The molecular formula is C18H29N3O3S. The molecular weight excluding hydrogens is 338 g/mol. The summed E-state index contributed by atoms with van der Waals surface area (Å²) in [6.45, 7) is 6.34. The van der Waals surface area contributed by atoms with Gasteiger partial charge in [-0.25, -0.2) is 8.42 Å². The summed E-state index contributed by atoms with van der Waals surface area (Å²) < 4.78 is 28.5. The van der Waals surface area contributed by atoms with Crippen LogP contribution < -0.4 is 5.32 Å². The molecule has 140 valence electrons. The van der Waals surface area contributed by atoms with E-state index in [0.717, 1.165) is 57.2 Å². The van der Waals surface area contributed by atoms with Crippen molar-refractivity contribution in [3.05, 3.63) is 29.8 Å². The van der Waals surface area contributed by atoms with Crippen LogP contribution in [0.25, 0.3) is 0 Å². The van der Waals surface area contributed by atoms with E-state index in [-0.39, 0.29) is 0 Å². The van der Waals surface area contributed by atoms with Gasteiger partial charge in [-0.05, 0) is 37.5 Å². The number of nitrogens with one attached hydrogen (secondary N) is 1. The van der Waals surface area contributed by atoms with Crippen LogP contribution in [0.15, 0.2) is 34.2 Å². The molecule has 1 aromatic carbocycles. The quantitative estimate of drug-likeness (QED) is 0.585. The lowest BCUT2D eigenvalue weighted by Gasteiger charge is -2.21. The Balaban J connectivity index is 1.80. The van der Waals surface area contributed by atoms with Gasteiger partial charge < -0.3 is 15.0 Å². The lowest BCUT2D eigenvalue weighted by molar-refractivity contribution is 0.114. The van der Waals surface area contributed by atoms with Crippen LogP contribution in [0, 0.1) is 5.92 Å². The summed E-state index contributed by atoms with van der Waals surface area (Å²) in [5, 5.41) is 3.40. The molecule has 0 bridgehead atoms. The van der Waals surface area contributed by atoms with Crippen molar-refractivity contribution in [2.45, 2.75) is 24.7 Å². The molecule has 25 heavy (non-hydrogen) atoms. The van der Waals surface area contributed by atoms with E-state index in [0.29, 0.717) is 10.8 Å². The summed E-state index contributed by atoms with van der Waals surface area (Å²) in [6.07, 6.45) is 3.18. The lowest BCUT2D eigenvalue weighted by atomic mass is 10.1. The van der Waals surface area contributed by atoms with Crippen molar-refractivity contribution in [1.29, 1.82) is 0 Å². The second-order valence-corrected chi connectivity index (χ2v) is 8.42. The largest absolute Gasteiger partial charge is 0.381 e. The van der Waals surface area contributed by atoms with E-state index in [4.69, 9.17) is 4.74 Å². The van der Waals surface area contributed by atoms with Gasteiger partial charge in [0.25, 0.3) is 0 Å². The predicted molar refractivity (Wildman–Crippen MR) is 101 cm³/mol. The van der Waals surface area contributed by atoms with Crippen LogP contribution in [0.2, 0.25) is 0 Å². The van der Waals surface area contributed by atoms with Gasteiger partial charge in [0.15, 0.2) is 15.8 Å². The average Bonchev–Trinajstić information content (AvgIpc) is 3.05. The first-order valence-electron chi connectivity index (χ1n) is 8.76. The Morgan fingerprint density at radius 3 is 2.68 bits per heavy atom. The third-order valence-electron chi connectivity index (χ3n) is 4.40. The van der Waals surface area contributed by atoms with Gasteiger partial charge in [-0.15, -0.1) is 0 Å². The summed E-state index contributed by atoms with van der Waals surface area (Å²) in [7, 11) is -1.33. The van der Waals surface area contributed by atoms with Gasteiger partial charge >= 0.3 is 0 Å².